The van der Waals surface area contributed by atoms with E-state index in [4.69, 9.17) is 16.0 Å². The summed E-state index contributed by atoms with van der Waals surface area (Å²) in [5, 5.41) is 3.26. The van der Waals surface area contributed by atoms with E-state index in [1.54, 1.807) is 6.07 Å². The molecule has 1 amide bonds. The Balaban J connectivity index is 1.89. The lowest BCUT2D eigenvalue weighted by Gasteiger charge is -2.10. The second kappa shape index (κ2) is 5.40. The van der Waals surface area contributed by atoms with Crippen LogP contribution in [-0.2, 0) is 9.84 Å². The molecule has 1 unspecified atom stereocenters. The SMILES string of the molecule is O=C(NC1CCS(=O)(=O)C1)c1cc(=O)c2cc(Cl)ccc2o1. The van der Waals surface area contributed by atoms with Gasteiger partial charge < -0.3 is 9.73 Å². The van der Waals surface area contributed by atoms with Crippen molar-refractivity contribution in [2.45, 2.75) is 12.5 Å². The molecular formula is C14H12ClNO5S. The molecule has 1 aliphatic heterocycles. The van der Waals surface area contributed by atoms with Gasteiger partial charge in [0.15, 0.2) is 21.0 Å². The molecule has 1 aliphatic rings. The van der Waals surface area contributed by atoms with Gasteiger partial charge in [-0.15, -0.1) is 0 Å². The van der Waals surface area contributed by atoms with E-state index in [1.165, 1.54) is 12.1 Å². The molecule has 2 heterocycles. The van der Waals surface area contributed by atoms with Gasteiger partial charge in [-0.05, 0) is 24.6 Å². The Morgan fingerprint density at radius 1 is 1.32 bits per heavy atom. The molecule has 1 atom stereocenters. The van der Waals surface area contributed by atoms with Crippen LogP contribution in [0.4, 0.5) is 0 Å². The fraction of sp³-hybridized carbons (Fsp3) is 0.286. The molecule has 3 rings (SSSR count). The van der Waals surface area contributed by atoms with Gasteiger partial charge in [0.25, 0.3) is 5.91 Å². The first-order valence-corrected chi connectivity index (χ1v) is 8.79. The molecule has 116 valence electrons. The number of halogens is 1. The van der Waals surface area contributed by atoms with E-state index in [2.05, 4.69) is 5.32 Å². The molecule has 6 nitrogen and oxygen atoms in total. The van der Waals surface area contributed by atoms with Crippen LogP contribution in [0.5, 0.6) is 0 Å². The van der Waals surface area contributed by atoms with Gasteiger partial charge in [0.2, 0.25) is 0 Å². The highest BCUT2D eigenvalue weighted by Gasteiger charge is 2.29. The van der Waals surface area contributed by atoms with Crippen molar-refractivity contribution in [2.24, 2.45) is 0 Å². The Morgan fingerprint density at radius 3 is 2.77 bits per heavy atom. The predicted octanol–water partition coefficient (Wildman–Crippen LogP) is 1.36. The summed E-state index contributed by atoms with van der Waals surface area (Å²) in [6, 6.07) is 5.16. The molecule has 0 bridgehead atoms. The van der Waals surface area contributed by atoms with Crippen molar-refractivity contribution in [3.05, 3.63) is 45.3 Å². The van der Waals surface area contributed by atoms with Gasteiger partial charge in [0.1, 0.15) is 5.58 Å². The Bertz CT molecular complexity index is 918. The van der Waals surface area contributed by atoms with E-state index >= 15 is 0 Å². The van der Waals surface area contributed by atoms with Gasteiger partial charge in [-0.25, -0.2) is 8.42 Å². The van der Waals surface area contributed by atoms with Crippen LogP contribution in [0.3, 0.4) is 0 Å². The van der Waals surface area contributed by atoms with Crippen molar-refractivity contribution in [3.63, 3.8) is 0 Å². The second-order valence-electron chi connectivity index (χ2n) is 5.19. The molecule has 8 heteroatoms. The normalized spacial score (nSPS) is 20.1. The highest BCUT2D eigenvalue weighted by atomic mass is 35.5. The number of fused-ring (bicyclic) bond motifs is 1. The monoisotopic (exact) mass is 341 g/mol. The largest absolute Gasteiger partial charge is 0.451 e. The van der Waals surface area contributed by atoms with Crippen molar-refractivity contribution >= 4 is 38.3 Å². The number of rotatable bonds is 2. The van der Waals surface area contributed by atoms with Gasteiger partial charge in [-0.2, -0.15) is 0 Å². The fourth-order valence-electron chi connectivity index (χ4n) is 2.41. The minimum absolute atomic E-state index is 0.0537. The zero-order chi connectivity index (χ0) is 15.9. The maximum Gasteiger partial charge on any atom is 0.287 e. The Kier molecular flexibility index (Phi) is 3.70. The molecule has 0 spiro atoms. The maximum atomic E-state index is 12.1. The molecule has 1 aromatic carbocycles. The standard InChI is InChI=1S/C14H12ClNO5S/c15-8-1-2-12-10(5-8)11(17)6-13(21-12)14(18)16-9-3-4-22(19,20)7-9/h1-2,5-6,9H,3-4,7H2,(H,16,18). The third kappa shape index (κ3) is 3.00. The zero-order valence-corrected chi connectivity index (χ0v) is 12.9. The van der Waals surface area contributed by atoms with E-state index in [0.717, 1.165) is 6.07 Å². The van der Waals surface area contributed by atoms with E-state index in [1.807, 2.05) is 0 Å². The predicted molar refractivity (Wildman–Crippen MR) is 82.0 cm³/mol. The molecule has 0 radical (unpaired) electrons. The van der Waals surface area contributed by atoms with Crippen molar-refractivity contribution in [1.29, 1.82) is 0 Å². The van der Waals surface area contributed by atoms with Crippen molar-refractivity contribution in [2.75, 3.05) is 11.5 Å². The smallest absolute Gasteiger partial charge is 0.287 e. The quantitative estimate of drug-likeness (QED) is 0.890. The average Bonchev–Trinajstić information content (AvgIpc) is 2.78. The van der Waals surface area contributed by atoms with Crippen LogP contribution >= 0.6 is 11.6 Å². The highest BCUT2D eigenvalue weighted by molar-refractivity contribution is 7.91. The number of carbonyl (C=O) groups excluding carboxylic acids is 1. The number of sulfone groups is 1. The van der Waals surface area contributed by atoms with Crippen LogP contribution in [0.1, 0.15) is 17.0 Å². The third-order valence-corrected chi connectivity index (χ3v) is 5.48. The summed E-state index contributed by atoms with van der Waals surface area (Å²) >= 11 is 5.82. The zero-order valence-electron chi connectivity index (χ0n) is 11.3. The molecule has 1 N–H and O–H groups in total. The lowest BCUT2D eigenvalue weighted by atomic mass is 10.2. The summed E-state index contributed by atoms with van der Waals surface area (Å²) in [4.78, 5) is 24.1. The molecular weight excluding hydrogens is 330 g/mol. The van der Waals surface area contributed by atoms with Crippen molar-refractivity contribution < 1.29 is 17.6 Å². The number of benzene rings is 1. The molecule has 1 aromatic heterocycles. The number of carbonyl (C=O) groups is 1. The van der Waals surface area contributed by atoms with Gasteiger partial charge in [0, 0.05) is 17.1 Å². The third-order valence-electron chi connectivity index (χ3n) is 3.48. The summed E-state index contributed by atoms with van der Waals surface area (Å²) in [6.45, 7) is 0. The summed E-state index contributed by atoms with van der Waals surface area (Å²) < 4.78 is 28.2. The molecule has 2 aromatic rings. The van der Waals surface area contributed by atoms with Crippen LogP contribution in [0, 0.1) is 0 Å². The van der Waals surface area contributed by atoms with Crippen LogP contribution < -0.4 is 10.7 Å². The van der Waals surface area contributed by atoms with Crippen LogP contribution in [0.25, 0.3) is 11.0 Å². The minimum atomic E-state index is -3.09. The molecule has 0 aliphatic carbocycles. The van der Waals surface area contributed by atoms with Crippen LogP contribution in [0.2, 0.25) is 5.02 Å². The summed E-state index contributed by atoms with van der Waals surface area (Å²) in [7, 11) is -3.09. The number of hydrogen-bond donors (Lipinski definition) is 1. The van der Waals surface area contributed by atoms with E-state index in [-0.39, 0.29) is 33.7 Å². The molecule has 1 saturated heterocycles. The lowest BCUT2D eigenvalue weighted by molar-refractivity contribution is 0.0913. The van der Waals surface area contributed by atoms with Gasteiger partial charge in [0.05, 0.1) is 16.9 Å². The maximum absolute atomic E-state index is 12.1. The van der Waals surface area contributed by atoms with E-state index < -0.39 is 21.8 Å². The summed E-state index contributed by atoms with van der Waals surface area (Å²) in [5.74, 6) is -0.787. The molecule has 1 fully saturated rings. The summed E-state index contributed by atoms with van der Waals surface area (Å²) in [6.07, 6.45) is 0.363. The highest BCUT2D eigenvalue weighted by Crippen LogP contribution is 2.18. The van der Waals surface area contributed by atoms with Gasteiger partial charge in [-0.1, -0.05) is 11.6 Å². The van der Waals surface area contributed by atoms with Crippen LogP contribution in [0.15, 0.2) is 33.5 Å². The van der Waals surface area contributed by atoms with Crippen molar-refractivity contribution in [3.8, 4) is 0 Å². The average molecular weight is 342 g/mol. The van der Waals surface area contributed by atoms with Crippen LogP contribution in [-0.4, -0.2) is 31.9 Å². The Morgan fingerprint density at radius 2 is 2.09 bits per heavy atom. The minimum Gasteiger partial charge on any atom is -0.451 e. The topological polar surface area (TPSA) is 93.5 Å². The van der Waals surface area contributed by atoms with Gasteiger partial charge in [-0.3, -0.25) is 9.59 Å². The number of amides is 1. The first-order valence-electron chi connectivity index (χ1n) is 6.59. The second-order valence-corrected chi connectivity index (χ2v) is 7.85. The Labute approximate surface area is 131 Å². The first-order chi connectivity index (χ1) is 10.3. The van der Waals surface area contributed by atoms with Crippen molar-refractivity contribution in [1.82, 2.24) is 5.32 Å². The van der Waals surface area contributed by atoms with Gasteiger partial charge >= 0.3 is 0 Å². The molecule has 0 saturated carbocycles. The number of nitrogens with one attached hydrogen (secondary N) is 1. The fourth-order valence-corrected chi connectivity index (χ4v) is 4.25. The van der Waals surface area contributed by atoms with E-state index in [9.17, 15) is 18.0 Å². The lowest BCUT2D eigenvalue weighted by Crippen LogP contribution is -2.35. The van der Waals surface area contributed by atoms with E-state index in [0.29, 0.717) is 11.4 Å². The first kappa shape index (κ1) is 15.1. The summed E-state index contributed by atoms with van der Waals surface area (Å²) in [5.41, 5.74) is -0.131. The Hall–Kier alpha value is -1.86. The molecule has 22 heavy (non-hydrogen) atoms. The number of hydrogen-bond acceptors (Lipinski definition) is 5.